The van der Waals surface area contributed by atoms with Gasteiger partial charge < -0.3 is 20.6 Å². The number of benzene rings is 3. The molecule has 5 rings (SSSR count). The van der Waals surface area contributed by atoms with Gasteiger partial charge in [0.15, 0.2) is 0 Å². The number of nitrogens with zero attached hydrogens (tertiary/aromatic N) is 3. The van der Waals surface area contributed by atoms with Crippen molar-refractivity contribution < 1.29 is 19.5 Å². The maximum atomic E-state index is 13.9. The fourth-order valence-corrected chi connectivity index (χ4v) is 7.78. The summed E-state index contributed by atoms with van der Waals surface area (Å²) in [5, 5.41) is 19.3. The Kier molecular flexibility index (Phi) is 12.8. The van der Waals surface area contributed by atoms with Crippen LogP contribution in [0.2, 0.25) is 0 Å². The number of aliphatic hydroxyl groups excluding tert-OH is 1. The molecule has 3 aromatic carbocycles. The highest BCUT2D eigenvalue weighted by Crippen LogP contribution is 2.33. The first-order valence-electron chi connectivity index (χ1n) is 18.1. The number of likely N-dealkylation sites (tertiary alicyclic amines) is 1. The van der Waals surface area contributed by atoms with E-state index in [1.165, 1.54) is 9.80 Å². The van der Waals surface area contributed by atoms with E-state index in [0.717, 1.165) is 17.4 Å². The van der Waals surface area contributed by atoms with Crippen LogP contribution >= 0.6 is 11.8 Å². The van der Waals surface area contributed by atoms with Gasteiger partial charge in [0.25, 0.3) is 5.91 Å². The summed E-state index contributed by atoms with van der Waals surface area (Å²) in [5.41, 5.74) is 0.815. The van der Waals surface area contributed by atoms with Gasteiger partial charge in [-0.05, 0) is 90.6 Å². The van der Waals surface area contributed by atoms with E-state index in [-0.39, 0.29) is 41.8 Å². The van der Waals surface area contributed by atoms with E-state index in [4.69, 9.17) is 0 Å². The molecule has 10 heteroatoms. The van der Waals surface area contributed by atoms with Gasteiger partial charge in [0.1, 0.15) is 12.2 Å². The third-order valence-corrected chi connectivity index (χ3v) is 10.5. The number of para-hydroxylation sites is 1. The van der Waals surface area contributed by atoms with Crippen molar-refractivity contribution in [2.75, 3.05) is 19.6 Å². The highest BCUT2D eigenvalue weighted by Gasteiger charge is 2.38. The van der Waals surface area contributed by atoms with Crippen LogP contribution in [0.15, 0.2) is 102 Å². The standard InChI is InChI=1S/C42H53N5O4S/c1-41(2,3)45-39(50)36-26-32(52-31-18-11-8-12-19-31)23-24-46(36)27-37(48)35(25-29-15-9-7-10-16-29)44-38(49)28-47(42(4,5)6)40(51)34-22-21-30-17-13-14-20-33(30)43-34/h7-22,32,35-37,48H,23-28H2,1-6H3,(H,44,49)(H,45,50)/t32-,35+,36?,37-/m1/s1. The van der Waals surface area contributed by atoms with E-state index >= 15 is 0 Å². The molecule has 3 amide bonds. The molecule has 9 nitrogen and oxygen atoms in total. The molecule has 52 heavy (non-hydrogen) atoms. The maximum absolute atomic E-state index is 13.9. The van der Waals surface area contributed by atoms with E-state index in [1.807, 2.05) is 120 Å². The number of nitrogens with one attached hydrogen (secondary N) is 2. The van der Waals surface area contributed by atoms with E-state index < -0.39 is 29.3 Å². The average molecular weight is 724 g/mol. The monoisotopic (exact) mass is 723 g/mol. The van der Waals surface area contributed by atoms with Crippen LogP contribution < -0.4 is 10.6 Å². The van der Waals surface area contributed by atoms with Gasteiger partial charge in [0.05, 0.1) is 23.7 Å². The average Bonchev–Trinajstić information content (AvgIpc) is 3.10. The number of rotatable bonds is 12. The van der Waals surface area contributed by atoms with Crippen LogP contribution in [0.25, 0.3) is 10.9 Å². The van der Waals surface area contributed by atoms with Crippen molar-refractivity contribution in [1.29, 1.82) is 0 Å². The molecular formula is C42H53N5O4S. The molecule has 0 saturated carbocycles. The summed E-state index contributed by atoms with van der Waals surface area (Å²) in [5.74, 6) is -0.801. The van der Waals surface area contributed by atoms with Gasteiger partial charge in [-0.3, -0.25) is 19.3 Å². The smallest absolute Gasteiger partial charge is 0.273 e. The van der Waals surface area contributed by atoms with Crippen molar-refractivity contribution in [3.8, 4) is 0 Å². The Bertz CT molecular complexity index is 1810. The lowest BCUT2D eigenvalue weighted by Crippen LogP contribution is -2.59. The van der Waals surface area contributed by atoms with Gasteiger partial charge in [0.2, 0.25) is 11.8 Å². The van der Waals surface area contributed by atoms with Crippen molar-refractivity contribution in [1.82, 2.24) is 25.4 Å². The number of carbonyl (C=O) groups is 3. The Labute approximate surface area is 312 Å². The molecule has 3 N–H and O–H groups in total. The van der Waals surface area contributed by atoms with Crippen LogP contribution in [-0.4, -0.2) is 91.8 Å². The van der Waals surface area contributed by atoms with Gasteiger partial charge in [-0.25, -0.2) is 4.98 Å². The number of hydrogen-bond acceptors (Lipinski definition) is 7. The molecule has 1 unspecified atom stereocenters. The molecule has 0 bridgehead atoms. The molecule has 276 valence electrons. The van der Waals surface area contributed by atoms with Crippen molar-refractivity contribution >= 4 is 40.4 Å². The molecule has 0 radical (unpaired) electrons. The zero-order valence-electron chi connectivity index (χ0n) is 31.2. The molecule has 1 aliphatic heterocycles. The van der Waals surface area contributed by atoms with Gasteiger partial charge >= 0.3 is 0 Å². The number of thioether (sulfide) groups is 1. The van der Waals surface area contributed by atoms with Crippen LogP contribution in [-0.2, 0) is 16.0 Å². The molecule has 1 aliphatic rings. The van der Waals surface area contributed by atoms with Crippen LogP contribution in [0.5, 0.6) is 0 Å². The second-order valence-corrected chi connectivity index (χ2v) is 17.1. The number of piperidine rings is 1. The summed E-state index contributed by atoms with van der Waals surface area (Å²) in [6, 6.07) is 30.0. The molecule has 0 spiro atoms. The predicted molar refractivity (Wildman–Crippen MR) is 209 cm³/mol. The number of aromatic nitrogens is 1. The summed E-state index contributed by atoms with van der Waals surface area (Å²) < 4.78 is 0. The molecule has 1 saturated heterocycles. The number of β-amino-alcohol motifs (C(OH)–C–C–N with tert-alkyl or cyclic N) is 1. The van der Waals surface area contributed by atoms with Gasteiger partial charge in [-0.2, -0.15) is 0 Å². The maximum Gasteiger partial charge on any atom is 0.273 e. The highest BCUT2D eigenvalue weighted by molar-refractivity contribution is 8.00. The number of carbonyl (C=O) groups excluding carboxylic acids is 3. The third-order valence-electron chi connectivity index (χ3n) is 9.22. The molecule has 0 aliphatic carbocycles. The third kappa shape index (κ3) is 10.9. The Hall–Kier alpha value is -4.25. The minimum absolute atomic E-state index is 0.0664. The van der Waals surface area contributed by atoms with Crippen molar-refractivity contribution in [3.05, 3.63) is 108 Å². The fourth-order valence-electron chi connectivity index (χ4n) is 6.58. The lowest BCUT2D eigenvalue weighted by atomic mass is 9.96. The Morgan fingerprint density at radius 3 is 2.23 bits per heavy atom. The quantitative estimate of drug-likeness (QED) is 0.162. The summed E-state index contributed by atoms with van der Waals surface area (Å²) >= 11 is 1.79. The lowest BCUT2D eigenvalue weighted by Gasteiger charge is -2.41. The van der Waals surface area contributed by atoms with Crippen LogP contribution in [0, 0.1) is 0 Å². The lowest BCUT2D eigenvalue weighted by molar-refractivity contribution is -0.130. The zero-order valence-corrected chi connectivity index (χ0v) is 32.0. The molecule has 4 aromatic rings. The minimum atomic E-state index is -0.992. The number of aliphatic hydroxyl groups is 1. The van der Waals surface area contributed by atoms with E-state index in [2.05, 4.69) is 32.7 Å². The highest BCUT2D eigenvalue weighted by atomic mass is 32.2. The Morgan fingerprint density at radius 1 is 0.904 bits per heavy atom. The second-order valence-electron chi connectivity index (χ2n) is 15.7. The normalized spacial score (nSPS) is 18.0. The van der Waals surface area contributed by atoms with Gasteiger partial charge in [-0.15, -0.1) is 11.8 Å². The first-order valence-corrected chi connectivity index (χ1v) is 19.0. The molecule has 4 atom stereocenters. The van der Waals surface area contributed by atoms with Crippen molar-refractivity contribution in [3.63, 3.8) is 0 Å². The Morgan fingerprint density at radius 2 is 1.56 bits per heavy atom. The molecule has 2 heterocycles. The summed E-state index contributed by atoms with van der Waals surface area (Å²) in [7, 11) is 0. The largest absolute Gasteiger partial charge is 0.390 e. The molecule has 1 fully saturated rings. The zero-order chi connectivity index (χ0) is 37.5. The topological polar surface area (TPSA) is 115 Å². The van der Waals surface area contributed by atoms with Gasteiger partial charge in [-0.1, -0.05) is 72.8 Å². The van der Waals surface area contributed by atoms with Crippen molar-refractivity contribution in [2.45, 2.75) is 100 Å². The molecular weight excluding hydrogens is 671 g/mol. The van der Waals surface area contributed by atoms with Crippen LogP contribution in [0.3, 0.4) is 0 Å². The first-order chi connectivity index (χ1) is 24.7. The first kappa shape index (κ1) is 39.0. The summed E-state index contributed by atoms with van der Waals surface area (Å²) in [6.07, 6.45) is 0.874. The molecule has 1 aromatic heterocycles. The Balaban J connectivity index is 1.34. The van der Waals surface area contributed by atoms with Crippen molar-refractivity contribution in [2.24, 2.45) is 0 Å². The minimum Gasteiger partial charge on any atom is -0.390 e. The van der Waals surface area contributed by atoms with E-state index in [0.29, 0.717) is 24.9 Å². The van der Waals surface area contributed by atoms with Crippen LogP contribution in [0.4, 0.5) is 0 Å². The summed E-state index contributed by atoms with van der Waals surface area (Å²) in [4.78, 5) is 50.9. The fraction of sp³-hybridized carbons (Fsp3) is 0.429. The number of hydrogen-bond donors (Lipinski definition) is 3. The number of amides is 3. The number of fused-ring (bicyclic) bond motifs is 1. The SMILES string of the molecule is CC(C)(C)NC(=O)C1C[C@H](Sc2ccccc2)CCN1C[C@@H](O)[C@H](Cc1ccccc1)NC(=O)CN(C(=O)c1ccc2ccccc2n1)C(C)(C)C. The van der Waals surface area contributed by atoms with E-state index in [9.17, 15) is 19.5 Å². The number of pyridine rings is 1. The van der Waals surface area contributed by atoms with Gasteiger partial charge in [0, 0.05) is 39.7 Å². The van der Waals surface area contributed by atoms with E-state index in [1.54, 1.807) is 17.8 Å². The predicted octanol–water partition coefficient (Wildman–Crippen LogP) is 6.10. The summed E-state index contributed by atoms with van der Waals surface area (Å²) in [6.45, 7) is 12.2. The van der Waals surface area contributed by atoms with Crippen LogP contribution in [0.1, 0.15) is 70.4 Å². The second kappa shape index (κ2) is 17.1.